The lowest BCUT2D eigenvalue weighted by molar-refractivity contribution is -0.161. The maximum absolute atomic E-state index is 12.4. The van der Waals surface area contributed by atoms with Crippen LogP contribution in [-0.2, 0) is 32.9 Å². The minimum absolute atomic E-state index is 0.137. The molecule has 1 rings (SSSR count). The van der Waals surface area contributed by atoms with Crippen LogP contribution in [0, 0.1) is 5.92 Å². The Morgan fingerprint density at radius 2 is 1.13 bits per heavy atom. The van der Waals surface area contributed by atoms with Gasteiger partial charge in [-0.15, -0.1) is 0 Å². The van der Waals surface area contributed by atoms with E-state index in [2.05, 4.69) is 73.9 Å². The molecule has 0 aromatic rings. The monoisotopic (exact) mass is 764 g/mol. The molecule has 53 heavy (non-hydrogen) atoms. The molecule has 0 radical (unpaired) electrons. The Hall–Kier alpha value is -2.29. The summed E-state index contributed by atoms with van der Waals surface area (Å²) in [7, 11) is -4.77. The van der Waals surface area contributed by atoms with Crippen LogP contribution in [0.3, 0.4) is 0 Å². The molecule has 3 atom stereocenters. The summed E-state index contributed by atoms with van der Waals surface area (Å²) < 4.78 is 32.0. The average molecular weight is 765 g/mol. The highest BCUT2D eigenvalue weighted by atomic mass is 31.2. The van der Waals surface area contributed by atoms with Crippen LogP contribution in [0.1, 0.15) is 162 Å². The second kappa shape index (κ2) is 33.1. The Bertz CT molecular complexity index is 1120. The summed E-state index contributed by atoms with van der Waals surface area (Å²) in [6.07, 6.45) is 42.8. The first-order valence-electron chi connectivity index (χ1n) is 20.6. The summed E-state index contributed by atoms with van der Waals surface area (Å²) in [5.41, 5.74) is 0. The number of phosphoric acid groups is 1. The Labute approximate surface area is 322 Å². The van der Waals surface area contributed by atoms with Crippen molar-refractivity contribution in [2.75, 3.05) is 13.2 Å². The van der Waals surface area contributed by atoms with E-state index in [1.807, 2.05) is 12.2 Å². The number of unbranched alkanes of at least 4 members (excludes halogenated alkanes) is 11. The normalized spacial score (nSPS) is 17.0. The van der Waals surface area contributed by atoms with Gasteiger partial charge in [-0.25, -0.2) is 4.57 Å². The Balaban J connectivity index is 2.11. The van der Waals surface area contributed by atoms with E-state index in [1.165, 1.54) is 57.8 Å². The lowest BCUT2D eigenvalue weighted by Gasteiger charge is -2.18. The van der Waals surface area contributed by atoms with Gasteiger partial charge in [0.15, 0.2) is 6.10 Å². The molecule has 0 aromatic carbocycles. The highest BCUT2D eigenvalue weighted by molar-refractivity contribution is 7.46. The van der Waals surface area contributed by atoms with Crippen molar-refractivity contribution in [1.82, 2.24) is 0 Å². The third-order valence-corrected chi connectivity index (χ3v) is 9.38. The van der Waals surface area contributed by atoms with Crippen LogP contribution in [0.25, 0.3) is 0 Å². The van der Waals surface area contributed by atoms with Gasteiger partial charge in [0.1, 0.15) is 6.61 Å². The molecule has 0 bridgehead atoms. The Morgan fingerprint density at radius 3 is 1.66 bits per heavy atom. The van der Waals surface area contributed by atoms with Crippen molar-refractivity contribution in [3.63, 3.8) is 0 Å². The molecule has 1 fully saturated rings. The molecule has 1 aliphatic heterocycles. The van der Waals surface area contributed by atoms with Gasteiger partial charge in [-0.3, -0.25) is 14.1 Å². The van der Waals surface area contributed by atoms with Crippen molar-refractivity contribution < 1.29 is 42.7 Å². The number of carbonyl (C=O) groups excluding carboxylic acids is 2. The van der Waals surface area contributed by atoms with E-state index in [0.717, 1.165) is 63.7 Å². The molecule has 10 heteroatoms. The zero-order valence-corrected chi connectivity index (χ0v) is 34.1. The van der Waals surface area contributed by atoms with Crippen LogP contribution in [0.15, 0.2) is 60.8 Å². The third-order valence-electron chi connectivity index (χ3n) is 8.89. The van der Waals surface area contributed by atoms with Crippen molar-refractivity contribution >= 4 is 19.8 Å². The molecule has 0 aromatic heterocycles. The van der Waals surface area contributed by atoms with Gasteiger partial charge in [0, 0.05) is 12.8 Å². The molecule has 9 nitrogen and oxygen atoms in total. The summed E-state index contributed by atoms with van der Waals surface area (Å²) in [6.45, 7) is 5.82. The second-order valence-electron chi connectivity index (χ2n) is 14.5. The number of phosphoric ester groups is 1. The lowest BCUT2D eigenvalue weighted by Crippen LogP contribution is -2.29. The zero-order valence-electron chi connectivity index (χ0n) is 33.3. The van der Waals surface area contributed by atoms with Crippen molar-refractivity contribution in [2.45, 2.75) is 180 Å². The highest BCUT2D eigenvalue weighted by Gasteiger charge is 2.35. The SMILES string of the molecule is CC/C=C\CC1OC1C/C=C\C/C=C\C/C=C\C/C=C\CCC(=O)OC[C@H](COP(=O)(O)O)OC(=O)CCCCCCCCCCCCCCC(C)C. The summed E-state index contributed by atoms with van der Waals surface area (Å²) in [4.78, 5) is 42.8. The van der Waals surface area contributed by atoms with Crippen molar-refractivity contribution in [3.05, 3.63) is 60.8 Å². The van der Waals surface area contributed by atoms with Gasteiger partial charge < -0.3 is 24.0 Å². The molecule has 0 aliphatic carbocycles. The molecular weight excluding hydrogens is 691 g/mol. The largest absolute Gasteiger partial charge is 0.469 e. The second-order valence-corrected chi connectivity index (χ2v) is 15.7. The first-order chi connectivity index (χ1) is 25.6. The predicted molar refractivity (Wildman–Crippen MR) is 215 cm³/mol. The molecule has 0 spiro atoms. The van der Waals surface area contributed by atoms with Gasteiger partial charge in [-0.05, 0) is 57.3 Å². The number of hydrogen-bond acceptors (Lipinski definition) is 7. The molecule has 2 unspecified atom stereocenters. The number of allylic oxidation sites excluding steroid dienone is 8. The minimum atomic E-state index is -4.77. The quantitative estimate of drug-likeness (QED) is 0.0213. The summed E-state index contributed by atoms with van der Waals surface area (Å²) in [5.74, 6) is -0.179. The maximum Gasteiger partial charge on any atom is 0.469 e. The predicted octanol–water partition coefficient (Wildman–Crippen LogP) is 11.4. The van der Waals surface area contributed by atoms with Gasteiger partial charge in [0.2, 0.25) is 0 Å². The number of ether oxygens (including phenoxy) is 3. The first-order valence-corrected chi connectivity index (χ1v) is 22.1. The van der Waals surface area contributed by atoms with Crippen LogP contribution in [0.4, 0.5) is 0 Å². The van der Waals surface area contributed by atoms with Crippen molar-refractivity contribution in [1.29, 1.82) is 0 Å². The Morgan fingerprint density at radius 1 is 0.642 bits per heavy atom. The summed E-state index contributed by atoms with van der Waals surface area (Å²) in [5, 5.41) is 0. The minimum Gasteiger partial charge on any atom is -0.462 e. The Kier molecular flexibility index (Phi) is 30.4. The van der Waals surface area contributed by atoms with Gasteiger partial charge in [0.05, 0.1) is 18.8 Å². The summed E-state index contributed by atoms with van der Waals surface area (Å²) in [6, 6.07) is 0. The molecule has 2 N–H and O–H groups in total. The van der Waals surface area contributed by atoms with Crippen LogP contribution in [-0.4, -0.2) is 53.3 Å². The van der Waals surface area contributed by atoms with E-state index in [1.54, 1.807) is 0 Å². The standard InChI is InChI=1S/C43H73O9P/c1-4-5-26-32-40-41(52-40)33-28-23-19-15-11-7-9-12-16-20-24-29-34-42(44)49-36-39(37-50-53(46,47)48)51-43(45)35-30-25-21-17-13-8-6-10-14-18-22-27-31-38(2)3/h5,9,11-12,15,20,23-24,26,28,38-41H,4,6-8,10,13-14,16-19,21-22,25,27,29-37H2,1-3H3,(H2,46,47,48)/b12-9-,15-11-,24-20-,26-5-,28-23-/t39-,40?,41?/m1/s1. The maximum atomic E-state index is 12.4. The number of esters is 2. The first kappa shape index (κ1) is 48.7. The van der Waals surface area contributed by atoms with E-state index in [0.29, 0.717) is 25.0 Å². The van der Waals surface area contributed by atoms with Crippen LogP contribution < -0.4 is 0 Å². The van der Waals surface area contributed by atoms with E-state index in [9.17, 15) is 14.2 Å². The molecule has 1 saturated heterocycles. The van der Waals surface area contributed by atoms with Gasteiger partial charge in [-0.1, -0.05) is 159 Å². The molecule has 1 heterocycles. The van der Waals surface area contributed by atoms with E-state index in [4.69, 9.17) is 24.0 Å². The van der Waals surface area contributed by atoms with E-state index < -0.39 is 32.5 Å². The average Bonchev–Trinajstić information content (AvgIpc) is 3.87. The fourth-order valence-corrected chi connectivity index (χ4v) is 6.10. The topological polar surface area (TPSA) is 132 Å². The third kappa shape index (κ3) is 34.0. The number of carbonyl (C=O) groups is 2. The van der Waals surface area contributed by atoms with Crippen LogP contribution in [0.5, 0.6) is 0 Å². The molecule has 0 amide bonds. The fraction of sp³-hybridized carbons (Fsp3) is 0.721. The lowest BCUT2D eigenvalue weighted by atomic mass is 10.0. The van der Waals surface area contributed by atoms with Gasteiger partial charge in [0.25, 0.3) is 0 Å². The zero-order chi connectivity index (χ0) is 38.8. The number of epoxide rings is 1. The molecular formula is C43H73O9P. The number of rotatable bonds is 35. The molecule has 304 valence electrons. The summed E-state index contributed by atoms with van der Waals surface area (Å²) >= 11 is 0. The molecule has 0 saturated carbocycles. The molecule has 1 aliphatic rings. The number of hydrogen-bond donors (Lipinski definition) is 2. The van der Waals surface area contributed by atoms with Crippen LogP contribution >= 0.6 is 7.82 Å². The van der Waals surface area contributed by atoms with E-state index >= 15 is 0 Å². The van der Waals surface area contributed by atoms with Gasteiger partial charge in [-0.2, -0.15) is 0 Å². The van der Waals surface area contributed by atoms with Crippen molar-refractivity contribution in [2.24, 2.45) is 5.92 Å². The highest BCUT2D eigenvalue weighted by Crippen LogP contribution is 2.36. The fourth-order valence-electron chi connectivity index (χ4n) is 5.74. The van der Waals surface area contributed by atoms with Gasteiger partial charge >= 0.3 is 19.8 Å². The van der Waals surface area contributed by atoms with E-state index in [-0.39, 0.29) is 19.4 Å². The van der Waals surface area contributed by atoms with Crippen LogP contribution in [0.2, 0.25) is 0 Å². The van der Waals surface area contributed by atoms with Crippen molar-refractivity contribution in [3.8, 4) is 0 Å². The smallest absolute Gasteiger partial charge is 0.462 e.